The summed E-state index contributed by atoms with van der Waals surface area (Å²) < 4.78 is 1.87. The number of aliphatic hydroxyl groups is 1. The first-order valence-corrected chi connectivity index (χ1v) is 7.76. The standard InChI is InChI=1S/C18H25N3O2/c1-13-16(11-17(22)20(5)12-18(3,4)23)14(2)21(19-13)15-9-7-6-8-10-15/h6-10,23H,11-12H2,1-5H3. The molecule has 0 radical (unpaired) electrons. The molecule has 0 aliphatic carbocycles. The number of hydrogen-bond acceptors (Lipinski definition) is 3. The van der Waals surface area contributed by atoms with Crippen molar-refractivity contribution in [2.75, 3.05) is 13.6 Å². The number of para-hydroxylation sites is 1. The van der Waals surface area contributed by atoms with Crippen LogP contribution in [0, 0.1) is 13.8 Å². The fourth-order valence-electron chi connectivity index (χ4n) is 2.71. The zero-order valence-corrected chi connectivity index (χ0v) is 14.5. The van der Waals surface area contributed by atoms with Crippen molar-refractivity contribution in [1.29, 1.82) is 0 Å². The molecule has 0 bridgehead atoms. The summed E-state index contributed by atoms with van der Waals surface area (Å²) in [6, 6.07) is 9.88. The number of nitrogens with zero attached hydrogens (tertiary/aromatic N) is 3. The highest BCUT2D eigenvalue weighted by atomic mass is 16.3. The summed E-state index contributed by atoms with van der Waals surface area (Å²) in [6.07, 6.45) is 0.289. The average molecular weight is 315 g/mol. The van der Waals surface area contributed by atoms with Gasteiger partial charge in [0.05, 0.1) is 23.4 Å². The van der Waals surface area contributed by atoms with Crippen LogP contribution in [0.5, 0.6) is 0 Å². The molecule has 0 aliphatic rings. The van der Waals surface area contributed by atoms with E-state index in [1.807, 2.05) is 48.9 Å². The van der Waals surface area contributed by atoms with E-state index in [-0.39, 0.29) is 12.3 Å². The second-order valence-corrected chi connectivity index (χ2v) is 6.64. The number of carbonyl (C=O) groups excluding carboxylic acids is 1. The molecule has 0 saturated heterocycles. The Kier molecular flexibility index (Phi) is 4.90. The highest BCUT2D eigenvalue weighted by Crippen LogP contribution is 2.19. The first kappa shape index (κ1) is 17.2. The van der Waals surface area contributed by atoms with Gasteiger partial charge in [-0.2, -0.15) is 5.10 Å². The smallest absolute Gasteiger partial charge is 0.226 e. The molecule has 1 aromatic heterocycles. The third-order valence-corrected chi connectivity index (χ3v) is 3.82. The first-order chi connectivity index (χ1) is 10.7. The van der Waals surface area contributed by atoms with E-state index in [1.165, 1.54) is 0 Å². The Morgan fingerprint density at radius 1 is 1.26 bits per heavy atom. The van der Waals surface area contributed by atoms with Gasteiger partial charge in [0.2, 0.25) is 5.91 Å². The Labute approximate surface area is 137 Å². The maximum absolute atomic E-state index is 12.4. The first-order valence-electron chi connectivity index (χ1n) is 7.76. The minimum atomic E-state index is -0.900. The number of hydrogen-bond donors (Lipinski definition) is 1. The minimum Gasteiger partial charge on any atom is -0.389 e. The van der Waals surface area contributed by atoms with Crippen LogP contribution in [0.25, 0.3) is 5.69 Å². The lowest BCUT2D eigenvalue weighted by Gasteiger charge is -2.25. The van der Waals surface area contributed by atoms with E-state index in [9.17, 15) is 9.90 Å². The molecule has 0 fully saturated rings. The van der Waals surface area contributed by atoms with Crippen LogP contribution in [-0.4, -0.2) is 44.9 Å². The zero-order chi connectivity index (χ0) is 17.2. The van der Waals surface area contributed by atoms with Crippen molar-refractivity contribution >= 4 is 5.91 Å². The largest absolute Gasteiger partial charge is 0.389 e. The number of carbonyl (C=O) groups is 1. The van der Waals surface area contributed by atoms with E-state index in [4.69, 9.17) is 0 Å². The summed E-state index contributed by atoms with van der Waals surface area (Å²) in [5.41, 5.74) is 2.86. The molecule has 5 nitrogen and oxygen atoms in total. The van der Waals surface area contributed by atoms with Gasteiger partial charge in [0, 0.05) is 24.8 Å². The van der Waals surface area contributed by atoms with Gasteiger partial charge in [-0.05, 0) is 39.8 Å². The number of benzene rings is 1. The van der Waals surface area contributed by atoms with Gasteiger partial charge in [0.1, 0.15) is 0 Å². The van der Waals surface area contributed by atoms with Gasteiger partial charge in [-0.15, -0.1) is 0 Å². The number of likely N-dealkylation sites (N-methyl/N-ethyl adjacent to an activating group) is 1. The van der Waals surface area contributed by atoms with E-state index < -0.39 is 5.60 Å². The second kappa shape index (κ2) is 6.54. The van der Waals surface area contributed by atoms with Gasteiger partial charge >= 0.3 is 0 Å². The minimum absolute atomic E-state index is 0.0223. The normalized spacial score (nSPS) is 11.6. The Morgan fingerprint density at radius 3 is 2.43 bits per heavy atom. The van der Waals surface area contributed by atoms with Gasteiger partial charge in [-0.3, -0.25) is 4.79 Å². The summed E-state index contributed by atoms with van der Waals surface area (Å²) in [7, 11) is 1.71. The van der Waals surface area contributed by atoms with Crippen molar-refractivity contribution in [3.63, 3.8) is 0 Å². The van der Waals surface area contributed by atoms with Crippen LogP contribution in [-0.2, 0) is 11.2 Å². The highest BCUT2D eigenvalue weighted by molar-refractivity contribution is 5.79. The molecule has 2 rings (SSSR count). The number of amides is 1. The van der Waals surface area contributed by atoms with Gasteiger partial charge in [0.15, 0.2) is 0 Å². The Bertz CT molecular complexity index is 684. The summed E-state index contributed by atoms with van der Waals surface area (Å²) in [4.78, 5) is 14.0. The number of aromatic nitrogens is 2. The molecule has 124 valence electrons. The fraction of sp³-hybridized carbons (Fsp3) is 0.444. The van der Waals surface area contributed by atoms with Crippen molar-refractivity contribution < 1.29 is 9.90 Å². The Balaban J connectivity index is 2.21. The molecular weight excluding hydrogens is 290 g/mol. The third kappa shape index (κ3) is 4.20. The SMILES string of the molecule is Cc1nn(-c2ccccc2)c(C)c1CC(=O)N(C)CC(C)(C)O. The van der Waals surface area contributed by atoms with Crippen LogP contribution in [0.1, 0.15) is 30.8 Å². The molecule has 2 aromatic rings. The van der Waals surface area contributed by atoms with Gasteiger partial charge in [-0.25, -0.2) is 4.68 Å². The maximum Gasteiger partial charge on any atom is 0.226 e. The molecule has 0 spiro atoms. The molecule has 0 atom stereocenters. The van der Waals surface area contributed by atoms with E-state index >= 15 is 0 Å². The van der Waals surface area contributed by atoms with Crippen LogP contribution in [0.3, 0.4) is 0 Å². The average Bonchev–Trinajstić information content (AvgIpc) is 2.74. The second-order valence-electron chi connectivity index (χ2n) is 6.64. The molecule has 23 heavy (non-hydrogen) atoms. The summed E-state index contributed by atoms with van der Waals surface area (Å²) in [6.45, 7) is 7.59. The van der Waals surface area contributed by atoms with Crippen molar-refractivity contribution in [3.05, 3.63) is 47.3 Å². The van der Waals surface area contributed by atoms with E-state index in [2.05, 4.69) is 5.10 Å². The van der Waals surface area contributed by atoms with Crippen LogP contribution < -0.4 is 0 Å². The van der Waals surface area contributed by atoms with Crippen LogP contribution >= 0.6 is 0 Å². The van der Waals surface area contributed by atoms with Crippen LogP contribution in [0.15, 0.2) is 30.3 Å². The number of aryl methyl sites for hydroxylation is 1. The van der Waals surface area contributed by atoms with E-state index in [1.54, 1.807) is 25.8 Å². The van der Waals surface area contributed by atoms with Crippen molar-refractivity contribution in [2.24, 2.45) is 0 Å². The van der Waals surface area contributed by atoms with Crippen LogP contribution in [0.2, 0.25) is 0 Å². The van der Waals surface area contributed by atoms with Crippen molar-refractivity contribution in [1.82, 2.24) is 14.7 Å². The molecule has 0 saturated carbocycles. The van der Waals surface area contributed by atoms with Crippen molar-refractivity contribution in [2.45, 2.75) is 39.7 Å². The Morgan fingerprint density at radius 2 is 1.87 bits per heavy atom. The van der Waals surface area contributed by atoms with Gasteiger partial charge < -0.3 is 10.0 Å². The molecule has 0 unspecified atom stereocenters. The predicted molar refractivity (Wildman–Crippen MR) is 90.7 cm³/mol. The number of rotatable bonds is 5. The maximum atomic E-state index is 12.4. The van der Waals surface area contributed by atoms with E-state index in [0.29, 0.717) is 6.54 Å². The zero-order valence-electron chi connectivity index (χ0n) is 14.5. The lowest BCUT2D eigenvalue weighted by atomic mass is 10.1. The Hall–Kier alpha value is -2.14. The lowest BCUT2D eigenvalue weighted by Crippen LogP contribution is -2.40. The summed E-state index contributed by atoms with van der Waals surface area (Å²) in [5.74, 6) is -0.0223. The molecule has 0 aliphatic heterocycles. The van der Waals surface area contributed by atoms with Crippen LogP contribution in [0.4, 0.5) is 0 Å². The third-order valence-electron chi connectivity index (χ3n) is 3.82. The predicted octanol–water partition coefficient (Wildman–Crippen LogP) is 2.26. The monoisotopic (exact) mass is 315 g/mol. The lowest BCUT2D eigenvalue weighted by molar-refractivity contribution is -0.131. The summed E-state index contributed by atoms with van der Waals surface area (Å²) >= 11 is 0. The molecule has 1 heterocycles. The van der Waals surface area contributed by atoms with Gasteiger partial charge in [-0.1, -0.05) is 18.2 Å². The topological polar surface area (TPSA) is 58.4 Å². The summed E-state index contributed by atoms with van der Waals surface area (Å²) in [5, 5.41) is 14.4. The molecule has 1 N–H and O–H groups in total. The molecule has 1 aromatic carbocycles. The van der Waals surface area contributed by atoms with Crippen molar-refractivity contribution in [3.8, 4) is 5.69 Å². The highest BCUT2D eigenvalue weighted by Gasteiger charge is 2.22. The fourth-order valence-corrected chi connectivity index (χ4v) is 2.71. The quantitative estimate of drug-likeness (QED) is 0.921. The molecule has 5 heteroatoms. The van der Waals surface area contributed by atoms with E-state index in [0.717, 1.165) is 22.6 Å². The van der Waals surface area contributed by atoms with Gasteiger partial charge in [0.25, 0.3) is 0 Å². The molecular formula is C18H25N3O2. The molecule has 1 amide bonds.